The van der Waals surface area contributed by atoms with E-state index in [4.69, 9.17) is 4.74 Å². The number of phenolic OH excluding ortho intramolecular Hbond substituents is 1. The highest BCUT2D eigenvalue weighted by Crippen LogP contribution is 2.28. The molecule has 0 aliphatic carbocycles. The fourth-order valence-corrected chi connectivity index (χ4v) is 3.51. The van der Waals surface area contributed by atoms with Crippen molar-refractivity contribution in [2.24, 2.45) is 0 Å². The summed E-state index contributed by atoms with van der Waals surface area (Å²) in [6.45, 7) is 1.11. The molecule has 1 heterocycles. The van der Waals surface area contributed by atoms with Crippen molar-refractivity contribution in [3.05, 3.63) is 70.3 Å². The molecule has 0 saturated heterocycles. The molecule has 2 N–H and O–H groups in total. The van der Waals surface area contributed by atoms with Crippen LogP contribution >= 0.6 is 0 Å². The first kappa shape index (κ1) is 22.7. The van der Waals surface area contributed by atoms with Gasteiger partial charge in [0, 0.05) is 18.3 Å². The zero-order valence-electron chi connectivity index (χ0n) is 16.6. The molecule has 2 aromatic carbocycles. The summed E-state index contributed by atoms with van der Waals surface area (Å²) in [5.41, 5.74) is -0.662. The zero-order valence-corrected chi connectivity index (χ0v) is 17.4. The standard InChI is InChI=1S/C19H17FN4O7S/c1-2-32(29,30)13-4-6-17(25)15(10-13)21-19(26)14-7-8-23(22-14)11-31-18-9-12(20)3-5-16(18)24(27)28/h3-10,25H,2,11H2,1H3,(H,21,26). The average Bonchev–Trinajstić information content (AvgIpc) is 3.22. The summed E-state index contributed by atoms with van der Waals surface area (Å²) in [6.07, 6.45) is 1.35. The van der Waals surface area contributed by atoms with E-state index in [1.807, 2.05) is 0 Å². The van der Waals surface area contributed by atoms with Crippen LogP contribution in [0, 0.1) is 15.9 Å². The molecule has 13 heteroatoms. The van der Waals surface area contributed by atoms with Crippen LogP contribution in [0.4, 0.5) is 15.8 Å². The van der Waals surface area contributed by atoms with Crippen molar-refractivity contribution in [2.75, 3.05) is 11.1 Å². The quantitative estimate of drug-likeness (QED) is 0.293. The molecule has 0 radical (unpaired) electrons. The number of aromatic nitrogens is 2. The normalized spacial score (nSPS) is 11.2. The Balaban J connectivity index is 1.73. The van der Waals surface area contributed by atoms with Crippen molar-refractivity contribution >= 4 is 27.1 Å². The summed E-state index contributed by atoms with van der Waals surface area (Å²) in [4.78, 5) is 22.7. The molecule has 0 bridgehead atoms. The van der Waals surface area contributed by atoms with E-state index < -0.39 is 32.2 Å². The van der Waals surface area contributed by atoms with Gasteiger partial charge in [0.05, 0.1) is 21.3 Å². The van der Waals surface area contributed by atoms with Gasteiger partial charge in [-0.05, 0) is 30.3 Å². The lowest BCUT2D eigenvalue weighted by Gasteiger charge is -2.09. The van der Waals surface area contributed by atoms with Crippen molar-refractivity contribution in [3.8, 4) is 11.5 Å². The summed E-state index contributed by atoms with van der Waals surface area (Å²) in [5, 5.41) is 27.3. The number of phenols is 1. The molecule has 11 nitrogen and oxygen atoms in total. The molecule has 0 fully saturated rings. The van der Waals surface area contributed by atoms with Crippen LogP contribution in [-0.4, -0.2) is 39.9 Å². The summed E-state index contributed by atoms with van der Waals surface area (Å²) < 4.78 is 43.8. The number of nitrogens with zero attached hydrogens (tertiary/aromatic N) is 3. The predicted molar refractivity (Wildman–Crippen MR) is 110 cm³/mol. The van der Waals surface area contributed by atoms with Gasteiger partial charge in [0.1, 0.15) is 11.6 Å². The number of nitro groups is 1. The predicted octanol–water partition coefficient (Wildman–Crippen LogP) is 2.72. The first-order valence-corrected chi connectivity index (χ1v) is 10.7. The first-order chi connectivity index (χ1) is 15.1. The van der Waals surface area contributed by atoms with E-state index >= 15 is 0 Å². The smallest absolute Gasteiger partial charge is 0.311 e. The van der Waals surface area contributed by atoms with Crippen molar-refractivity contribution in [1.82, 2.24) is 9.78 Å². The molecule has 1 aromatic heterocycles. The number of hydrogen-bond donors (Lipinski definition) is 2. The number of halogens is 1. The maximum Gasteiger partial charge on any atom is 0.311 e. The number of anilines is 1. The fraction of sp³-hybridized carbons (Fsp3) is 0.158. The van der Waals surface area contributed by atoms with Gasteiger partial charge in [-0.2, -0.15) is 5.10 Å². The van der Waals surface area contributed by atoms with Crippen LogP contribution in [0.3, 0.4) is 0 Å². The number of carbonyl (C=O) groups excluding carboxylic acids is 1. The molecule has 0 saturated carbocycles. The van der Waals surface area contributed by atoms with E-state index in [1.165, 1.54) is 25.3 Å². The van der Waals surface area contributed by atoms with Crippen LogP contribution in [-0.2, 0) is 16.6 Å². The number of carbonyl (C=O) groups is 1. The number of nitrogens with one attached hydrogen (secondary N) is 1. The van der Waals surface area contributed by atoms with Gasteiger partial charge in [0.2, 0.25) is 5.75 Å². The van der Waals surface area contributed by atoms with Crippen LogP contribution in [0.2, 0.25) is 0 Å². The van der Waals surface area contributed by atoms with E-state index in [1.54, 1.807) is 0 Å². The van der Waals surface area contributed by atoms with E-state index in [9.17, 15) is 32.8 Å². The summed E-state index contributed by atoms with van der Waals surface area (Å²) in [5.74, 6) is -2.27. The van der Waals surface area contributed by atoms with Gasteiger partial charge in [-0.1, -0.05) is 6.92 Å². The Labute approximate surface area is 181 Å². The summed E-state index contributed by atoms with van der Waals surface area (Å²) in [6, 6.07) is 7.56. The van der Waals surface area contributed by atoms with E-state index in [2.05, 4.69) is 10.4 Å². The average molecular weight is 464 g/mol. The van der Waals surface area contributed by atoms with Crippen molar-refractivity contribution in [2.45, 2.75) is 18.6 Å². The first-order valence-electron chi connectivity index (χ1n) is 9.08. The molecule has 0 atom stereocenters. The molecular weight excluding hydrogens is 447 g/mol. The Morgan fingerprint density at radius 1 is 1.28 bits per heavy atom. The van der Waals surface area contributed by atoms with Crippen LogP contribution in [0.15, 0.2) is 53.6 Å². The summed E-state index contributed by atoms with van der Waals surface area (Å²) in [7, 11) is -3.55. The second-order valence-electron chi connectivity index (χ2n) is 6.42. The van der Waals surface area contributed by atoms with Crippen LogP contribution in [0.5, 0.6) is 11.5 Å². The molecule has 3 rings (SSSR count). The molecule has 3 aromatic rings. The Hall–Kier alpha value is -4.00. The minimum absolute atomic E-state index is 0.0660. The fourth-order valence-electron chi connectivity index (χ4n) is 2.61. The molecule has 0 aliphatic rings. The third-order valence-electron chi connectivity index (χ3n) is 4.30. The molecule has 168 valence electrons. The number of ether oxygens (including phenoxy) is 1. The number of nitro benzene ring substituents is 1. The van der Waals surface area contributed by atoms with E-state index in [0.717, 1.165) is 35.0 Å². The Bertz CT molecular complexity index is 1290. The molecule has 0 spiro atoms. The number of benzene rings is 2. The Morgan fingerprint density at radius 3 is 2.72 bits per heavy atom. The third kappa shape index (κ3) is 5.00. The monoisotopic (exact) mass is 464 g/mol. The highest BCUT2D eigenvalue weighted by molar-refractivity contribution is 7.91. The lowest BCUT2D eigenvalue weighted by Crippen LogP contribution is -2.15. The Kier molecular flexibility index (Phi) is 6.39. The Morgan fingerprint density at radius 2 is 2.03 bits per heavy atom. The zero-order chi connectivity index (χ0) is 23.5. The van der Waals surface area contributed by atoms with E-state index in [-0.39, 0.29) is 40.3 Å². The largest absolute Gasteiger partial charge is 0.506 e. The number of aromatic hydroxyl groups is 1. The number of rotatable bonds is 8. The SMILES string of the molecule is CCS(=O)(=O)c1ccc(O)c(NC(=O)c2ccn(COc3cc(F)ccc3[N+](=O)[O-])n2)c1. The van der Waals surface area contributed by atoms with Gasteiger partial charge < -0.3 is 15.2 Å². The number of sulfone groups is 1. The van der Waals surface area contributed by atoms with Crippen LogP contribution in [0.25, 0.3) is 0 Å². The van der Waals surface area contributed by atoms with Gasteiger partial charge in [-0.25, -0.2) is 17.5 Å². The molecule has 0 aliphatic heterocycles. The number of amides is 1. The highest BCUT2D eigenvalue weighted by atomic mass is 32.2. The highest BCUT2D eigenvalue weighted by Gasteiger charge is 2.18. The summed E-state index contributed by atoms with van der Waals surface area (Å²) >= 11 is 0. The van der Waals surface area contributed by atoms with Gasteiger partial charge in [-0.3, -0.25) is 14.9 Å². The second kappa shape index (κ2) is 9.01. The van der Waals surface area contributed by atoms with Crippen LogP contribution in [0.1, 0.15) is 17.4 Å². The van der Waals surface area contributed by atoms with Crippen molar-refractivity contribution in [1.29, 1.82) is 0 Å². The lowest BCUT2D eigenvalue weighted by molar-refractivity contribution is -0.386. The van der Waals surface area contributed by atoms with Gasteiger partial charge >= 0.3 is 5.69 Å². The maximum absolute atomic E-state index is 13.4. The molecule has 32 heavy (non-hydrogen) atoms. The minimum atomic E-state index is -3.55. The second-order valence-corrected chi connectivity index (χ2v) is 8.70. The molecular formula is C19H17FN4O7S. The lowest BCUT2D eigenvalue weighted by atomic mass is 10.3. The minimum Gasteiger partial charge on any atom is -0.506 e. The van der Waals surface area contributed by atoms with Gasteiger partial charge in [-0.15, -0.1) is 0 Å². The van der Waals surface area contributed by atoms with Gasteiger partial charge in [0.15, 0.2) is 22.3 Å². The third-order valence-corrected chi connectivity index (χ3v) is 6.03. The maximum atomic E-state index is 13.4. The topological polar surface area (TPSA) is 154 Å². The van der Waals surface area contributed by atoms with Crippen molar-refractivity contribution in [3.63, 3.8) is 0 Å². The van der Waals surface area contributed by atoms with Crippen molar-refractivity contribution < 1.29 is 32.4 Å². The van der Waals surface area contributed by atoms with Gasteiger partial charge in [0.25, 0.3) is 5.91 Å². The van der Waals surface area contributed by atoms with E-state index in [0.29, 0.717) is 0 Å². The molecule has 1 amide bonds. The molecule has 0 unspecified atom stereocenters. The number of hydrogen-bond acceptors (Lipinski definition) is 8. The van der Waals surface area contributed by atoms with Crippen LogP contribution < -0.4 is 10.1 Å².